The molecule has 3 heterocycles. The first-order chi connectivity index (χ1) is 28.0. The van der Waals surface area contributed by atoms with Crippen LogP contribution in [0.3, 0.4) is 0 Å². The van der Waals surface area contributed by atoms with Crippen LogP contribution in [0.4, 0.5) is 0 Å². The number of aryl methyl sites for hydroxylation is 2. The number of amidine groups is 2. The number of carbonyl (C=O) groups is 3. The van der Waals surface area contributed by atoms with Crippen molar-refractivity contribution in [3.05, 3.63) is 139 Å². The second kappa shape index (κ2) is 14.3. The Labute approximate surface area is 335 Å². The van der Waals surface area contributed by atoms with Crippen LogP contribution in [0.15, 0.2) is 106 Å². The summed E-state index contributed by atoms with van der Waals surface area (Å²) in [6.07, 6.45) is 3.69. The van der Waals surface area contributed by atoms with Gasteiger partial charge in [0.15, 0.2) is 0 Å². The van der Waals surface area contributed by atoms with Gasteiger partial charge in [-0.05, 0) is 78.2 Å². The standard InChI is InChI=1S/C45H39N7O5S/c1-26-9-3-10-28-11-4-16-31(36(26)28)39(53)50-21-45(24-57-44(47)49-48-27(2)46,22-51-40(54)32-17-5-12-29-13-6-18-33(37(29)32)41(51)55)23-52-42(56)34-19-7-14-30-15-8-20-35(38(30)34)43(52)58-25-50/h3-7,9-14,16-20,25H,8,15,21-24H2,1-2H3,(H2,46,48)(H2,47,49). The molecule has 0 spiro atoms. The number of pyridine rings is 1. The van der Waals surface area contributed by atoms with Crippen LogP contribution in [-0.4, -0.2) is 69.1 Å². The van der Waals surface area contributed by atoms with Gasteiger partial charge < -0.3 is 21.1 Å². The van der Waals surface area contributed by atoms with E-state index in [0.29, 0.717) is 32.1 Å². The maximum absolute atomic E-state index is 15.1. The minimum Gasteiger partial charge on any atom is -0.463 e. The van der Waals surface area contributed by atoms with Crippen molar-refractivity contribution in [2.75, 3.05) is 19.7 Å². The molecule has 4 N–H and O–H groups in total. The van der Waals surface area contributed by atoms with Gasteiger partial charge in [0, 0.05) is 57.7 Å². The van der Waals surface area contributed by atoms with Crippen LogP contribution in [0.5, 0.6) is 0 Å². The molecule has 6 aromatic rings. The number of ether oxygens (including phenoxy) is 1. The average Bonchev–Trinajstić information content (AvgIpc) is 3.22. The third kappa shape index (κ3) is 6.14. The molecule has 2 aliphatic heterocycles. The van der Waals surface area contributed by atoms with E-state index in [2.05, 4.69) is 16.3 Å². The zero-order valence-corrected chi connectivity index (χ0v) is 32.7. The van der Waals surface area contributed by atoms with E-state index in [1.54, 1.807) is 52.2 Å². The quantitative estimate of drug-likeness (QED) is 0.0775. The summed E-state index contributed by atoms with van der Waals surface area (Å²) in [6.45, 7) is 2.85. The highest BCUT2D eigenvalue weighted by Gasteiger charge is 2.44. The lowest BCUT2D eigenvalue weighted by atomic mass is 9.84. The fraction of sp³-hybridized carbons (Fsp3) is 0.200. The molecule has 3 aliphatic rings. The molecule has 5 aromatic carbocycles. The van der Waals surface area contributed by atoms with Crippen molar-refractivity contribution in [1.82, 2.24) is 14.4 Å². The van der Waals surface area contributed by atoms with E-state index in [-0.39, 0.29) is 49.6 Å². The highest BCUT2D eigenvalue weighted by molar-refractivity contribution is 7.89. The summed E-state index contributed by atoms with van der Waals surface area (Å²) in [4.78, 5) is 61.8. The lowest BCUT2D eigenvalue weighted by Gasteiger charge is -2.41. The van der Waals surface area contributed by atoms with Crippen molar-refractivity contribution in [1.29, 1.82) is 0 Å². The molecule has 9 rings (SSSR count). The van der Waals surface area contributed by atoms with Crippen molar-refractivity contribution in [2.45, 2.75) is 33.2 Å². The molecule has 0 saturated heterocycles. The fourth-order valence-corrected chi connectivity index (χ4v) is 9.67. The number of rotatable bonds is 6. The predicted molar refractivity (Wildman–Crippen MR) is 229 cm³/mol. The molecule has 58 heavy (non-hydrogen) atoms. The Bertz CT molecular complexity index is 3030. The lowest BCUT2D eigenvalue weighted by Crippen LogP contribution is -2.56. The molecule has 3 amide bonds. The van der Waals surface area contributed by atoms with Crippen molar-refractivity contribution < 1.29 is 19.1 Å². The maximum atomic E-state index is 15.1. The number of hydrogen-bond donors (Lipinski definition) is 2. The van der Waals surface area contributed by atoms with Gasteiger partial charge in [0.2, 0.25) is 0 Å². The maximum Gasteiger partial charge on any atom is 0.305 e. The number of nitrogens with zero attached hydrogens (tertiary/aromatic N) is 5. The van der Waals surface area contributed by atoms with Crippen LogP contribution in [0, 0.1) is 17.0 Å². The van der Waals surface area contributed by atoms with Gasteiger partial charge >= 0.3 is 6.02 Å². The SMILES string of the molecule is C/C(N)=N/N=C(\N)OCC1(CN2C(=O)c3cccc4cccc(c34)C2=O)CN(C(=O)c2cccc3cccc(C)c23)C=S=c2c3c4c(cccc4c(=O)n2C1)CCC=3. The van der Waals surface area contributed by atoms with E-state index < -0.39 is 17.2 Å². The lowest BCUT2D eigenvalue weighted by molar-refractivity contribution is 0.0308. The molecule has 290 valence electrons. The van der Waals surface area contributed by atoms with Gasteiger partial charge in [0.25, 0.3) is 23.3 Å². The second-order valence-electron chi connectivity index (χ2n) is 15.2. The van der Waals surface area contributed by atoms with E-state index >= 15 is 4.79 Å². The average molecular weight is 790 g/mol. The summed E-state index contributed by atoms with van der Waals surface area (Å²) < 4.78 is 8.49. The second-order valence-corrected chi connectivity index (χ2v) is 16.0. The Morgan fingerprint density at radius 3 is 2.22 bits per heavy atom. The zero-order valence-electron chi connectivity index (χ0n) is 31.9. The van der Waals surface area contributed by atoms with Crippen LogP contribution in [0.25, 0.3) is 38.4 Å². The van der Waals surface area contributed by atoms with Gasteiger partial charge in [-0.2, -0.15) is 0 Å². The summed E-state index contributed by atoms with van der Waals surface area (Å²) in [7, 11) is 1.30. The Morgan fingerprint density at radius 1 is 0.828 bits per heavy atom. The van der Waals surface area contributed by atoms with Crippen LogP contribution < -0.4 is 22.2 Å². The summed E-state index contributed by atoms with van der Waals surface area (Å²) in [5, 5.41) is 13.2. The topological polar surface area (TPSA) is 166 Å². The number of fused-ring (bicyclic) bond motifs is 3. The van der Waals surface area contributed by atoms with Crippen molar-refractivity contribution >= 4 is 84.4 Å². The first kappa shape index (κ1) is 36.8. The van der Waals surface area contributed by atoms with Gasteiger partial charge in [-0.1, -0.05) is 77.9 Å². The summed E-state index contributed by atoms with van der Waals surface area (Å²) in [5.41, 5.74) is 15.4. The van der Waals surface area contributed by atoms with E-state index in [4.69, 9.17) is 16.2 Å². The molecule has 12 nitrogen and oxygen atoms in total. The largest absolute Gasteiger partial charge is 0.463 e. The smallest absolute Gasteiger partial charge is 0.305 e. The van der Waals surface area contributed by atoms with Gasteiger partial charge in [-0.25, -0.2) is 0 Å². The highest BCUT2D eigenvalue weighted by Crippen LogP contribution is 2.35. The van der Waals surface area contributed by atoms with Crippen molar-refractivity contribution in [3.63, 3.8) is 0 Å². The minimum absolute atomic E-state index is 0.0588. The summed E-state index contributed by atoms with van der Waals surface area (Å²) >= 11 is 0. The number of amides is 3. The monoisotopic (exact) mass is 789 g/mol. The van der Waals surface area contributed by atoms with Gasteiger partial charge in [-0.3, -0.25) is 28.6 Å². The highest BCUT2D eigenvalue weighted by atomic mass is 32.1. The number of benzene rings is 5. The Morgan fingerprint density at radius 2 is 1.50 bits per heavy atom. The Hall–Kier alpha value is -6.86. The third-order valence-corrected chi connectivity index (χ3v) is 12.2. The van der Waals surface area contributed by atoms with Crippen molar-refractivity contribution in [3.8, 4) is 0 Å². The molecule has 1 unspecified atom stereocenters. The number of nitrogens with two attached hydrogens (primary N) is 2. The van der Waals surface area contributed by atoms with Crippen LogP contribution in [-0.2, 0) is 17.7 Å². The first-order valence-electron chi connectivity index (χ1n) is 19.0. The van der Waals surface area contributed by atoms with Gasteiger partial charge in [0.05, 0.1) is 10.9 Å². The van der Waals surface area contributed by atoms with Gasteiger partial charge in [0.1, 0.15) is 17.1 Å². The Kier molecular flexibility index (Phi) is 9.04. The number of imide groups is 1. The van der Waals surface area contributed by atoms with E-state index in [9.17, 15) is 14.4 Å². The van der Waals surface area contributed by atoms with Crippen LogP contribution >= 0.6 is 10.9 Å². The first-order valence-corrected chi connectivity index (χ1v) is 19.9. The van der Waals surface area contributed by atoms with Crippen molar-refractivity contribution in [2.24, 2.45) is 27.1 Å². The molecule has 1 atom stereocenters. The third-order valence-electron chi connectivity index (χ3n) is 11.2. The molecule has 1 aliphatic carbocycles. The molecule has 0 fully saturated rings. The molecule has 0 radical (unpaired) electrons. The number of aromatic nitrogens is 1. The van der Waals surface area contributed by atoms with Gasteiger partial charge in [-0.15, -0.1) is 16.0 Å². The predicted octanol–water partition coefficient (Wildman–Crippen LogP) is 5.15. The van der Waals surface area contributed by atoms with Crippen LogP contribution in [0.2, 0.25) is 0 Å². The molecule has 1 aromatic heterocycles. The number of hydrogen-bond acceptors (Lipinski definition) is 7. The van der Waals surface area contributed by atoms with E-state index in [1.165, 1.54) is 15.8 Å². The minimum atomic E-state index is -1.36. The molecular formula is C45H39N7O5S. The fourth-order valence-electron chi connectivity index (χ4n) is 8.69. The Balaban J connectivity index is 1.29. The van der Waals surface area contributed by atoms with E-state index in [0.717, 1.165) is 50.7 Å². The number of carbonyl (C=O) groups excluding carboxylic acids is 3. The molecule has 0 saturated carbocycles. The molecular weight excluding hydrogens is 751 g/mol. The molecule has 13 heteroatoms. The zero-order chi connectivity index (χ0) is 40.3. The molecule has 0 bridgehead atoms. The summed E-state index contributed by atoms with van der Waals surface area (Å²) in [5.74, 6) is -1.15. The normalized spacial score (nSPS) is 18.0. The van der Waals surface area contributed by atoms with E-state index in [1.807, 2.05) is 67.6 Å². The van der Waals surface area contributed by atoms with Crippen LogP contribution in [0.1, 0.15) is 55.5 Å². The summed E-state index contributed by atoms with van der Waals surface area (Å²) in [6, 6.07) is 27.7.